The van der Waals surface area contributed by atoms with Crippen molar-refractivity contribution in [1.29, 1.82) is 0 Å². The summed E-state index contributed by atoms with van der Waals surface area (Å²) in [5.41, 5.74) is 0.745. The number of amides is 1. The highest BCUT2D eigenvalue weighted by molar-refractivity contribution is 5.95. The molecule has 0 spiro atoms. The molecular weight excluding hydrogens is 309 g/mol. The van der Waals surface area contributed by atoms with E-state index in [1.807, 2.05) is 6.92 Å². The monoisotopic (exact) mass is 331 g/mol. The second-order valence-corrected chi connectivity index (χ2v) is 5.99. The second-order valence-electron chi connectivity index (χ2n) is 5.99. The first-order valence-electron chi connectivity index (χ1n) is 8.09. The van der Waals surface area contributed by atoms with Crippen LogP contribution in [0.5, 0.6) is 0 Å². The summed E-state index contributed by atoms with van der Waals surface area (Å²) in [4.78, 5) is 24.5. The molecule has 0 bridgehead atoms. The molecule has 5 heteroatoms. The predicted molar refractivity (Wildman–Crippen MR) is 90.6 cm³/mol. The Labute approximate surface area is 140 Å². The fourth-order valence-corrected chi connectivity index (χ4v) is 2.60. The molecule has 0 aliphatic carbocycles. The summed E-state index contributed by atoms with van der Waals surface area (Å²) in [6, 6.07) is 7.57. The molecule has 1 aromatic carbocycles. The number of hydrogen-bond acceptors (Lipinski definition) is 3. The zero-order chi connectivity index (χ0) is 17.7. The molecule has 1 unspecified atom stereocenters. The van der Waals surface area contributed by atoms with E-state index in [9.17, 15) is 14.0 Å². The number of benzene rings is 1. The maximum atomic E-state index is 12.9. The Balaban J connectivity index is 2.14. The van der Waals surface area contributed by atoms with Crippen molar-refractivity contribution in [2.45, 2.75) is 46.1 Å². The van der Waals surface area contributed by atoms with Crippen LogP contribution >= 0.6 is 0 Å². The zero-order valence-corrected chi connectivity index (χ0v) is 14.2. The Kier molecular flexibility index (Phi) is 5.90. The van der Waals surface area contributed by atoms with Gasteiger partial charge in [-0.15, -0.1) is 0 Å². The van der Waals surface area contributed by atoms with Gasteiger partial charge in [-0.25, -0.2) is 9.18 Å². The quantitative estimate of drug-likeness (QED) is 0.873. The van der Waals surface area contributed by atoms with Gasteiger partial charge in [0.2, 0.25) is 0 Å². The minimum atomic E-state index is -0.621. The number of carbonyl (C=O) groups is 1. The molecular formula is C19H22FNO3. The average Bonchev–Trinajstić information content (AvgIpc) is 2.54. The third-order valence-corrected chi connectivity index (χ3v) is 3.97. The van der Waals surface area contributed by atoms with E-state index in [0.29, 0.717) is 11.3 Å². The summed E-state index contributed by atoms with van der Waals surface area (Å²) in [5, 5.41) is 2.67. The van der Waals surface area contributed by atoms with Crippen LogP contribution in [0.3, 0.4) is 0 Å². The molecule has 0 fully saturated rings. The normalized spacial score (nSPS) is 12.0. The molecule has 2 aromatic rings. The van der Waals surface area contributed by atoms with E-state index in [2.05, 4.69) is 12.2 Å². The highest BCUT2D eigenvalue weighted by Crippen LogP contribution is 2.21. The summed E-state index contributed by atoms with van der Waals surface area (Å²) in [7, 11) is 0. The number of hydrogen-bond donors (Lipinski definition) is 1. The zero-order valence-electron chi connectivity index (χ0n) is 14.2. The molecule has 0 saturated carbocycles. The number of halogens is 1. The Morgan fingerprint density at radius 1 is 1.29 bits per heavy atom. The molecule has 128 valence electrons. The van der Waals surface area contributed by atoms with E-state index in [-0.39, 0.29) is 23.8 Å². The molecule has 24 heavy (non-hydrogen) atoms. The summed E-state index contributed by atoms with van der Waals surface area (Å²) in [5.74, 6) is -0.0780. The van der Waals surface area contributed by atoms with Crippen LogP contribution in [-0.4, -0.2) is 5.91 Å². The molecule has 2 rings (SSSR count). The molecule has 1 heterocycles. The van der Waals surface area contributed by atoms with Crippen LogP contribution in [0.25, 0.3) is 0 Å². The Morgan fingerprint density at radius 3 is 2.54 bits per heavy atom. The third kappa shape index (κ3) is 4.31. The van der Waals surface area contributed by atoms with Gasteiger partial charge in [-0.3, -0.25) is 4.79 Å². The summed E-state index contributed by atoms with van der Waals surface area (Å²) < 4.78 is 18.2. The van der Waals surface area contributed by atoms with Gasteiger partial charge in [-0.2, -0.15) is 0 Å². The van der Waals surface area contributed by atoms with Gasteiger partial charge in [-0.1, -0.05) is 32.4 Å². The fraction of sp³-hybridized carbons (Fsp3) is 0.368. The number of nitrogens with one attached hydrogen (secondary N) is 1. The van der Waals surface area contributed by atoms with E-state index in [1.165, 1.54) is 12.1 Å². The SMILES string of the molecule is CCCC(C)c1cc(C)c(C(=O)NCc2ccc(F)cc2)c(=O)o1. The summed E-state index contributed by atoms with van der Waals surface area (Å²) >= 11 is 0. The van der Waals surface area contributed by atoms with Crippen LogP contribution in [-0.2, 0) is 6.54 Å². The van der Waals surface area contributed by atoms with E-state index < -0.39 is 11.5 Å². The first-order valence-corrected chi connectivity index (χ1v) is 8.09. The van der Waals surface area contributed by atoms with Gasteiger partial charge < -0.3 is 9.73 Å². The number of carbonyl (C=O) groups excluding carboxylic acids is 1. The van der Waals surface area contributed by atoms with Crippen LogP contribution in [0.4, 0.5) is 4.39 Å². The van der Waals surface area contributed by atoms with Crippen LogP contribution < -0.4 is 10.9 Å². The van der Waals surface area contributed by atoms with Gasteiger partial charge in [0.15, 0.2) is 0 Å². The second kappa shape index (κ2) is 7.90. The first kappa shape index (κ1) is 17.9. The van der Waals surface area contributed by atoms with Crippen LogP contribution in [0.1, 0.15) is 59.9 Å². The Hall–Kier alpha value is -2.43. The Morgan fingerprint density at radius 2 is 1.96 bits per heavy atom. The lowest BCUT2D eigenvalue weighted by atomic mass is 10.0. The maximum Gasteiger partial charge on any atom is 0.349 e. The fourth-order valence-electron chi connectivity index (χ4n) is 2.60. The van der Waals surface area contributed by atoms with E-state index in [4.69, 9.17) is 4.42 Å². The van der Waals surface area contributed by atoms with Crippen LogP contribution in [0, 0.1) is 12.7 Å². The minimum Gasteiger partial charge on any atom is -0.427 e. The maximum absolute atomic E-state index is 12.9. The molecule has 1 N–H and O–H groups in total. The van der Waals surface area contributed by atoms with Crippen molar-refractivity contribution in [3.8, 4) is 0 Å². The Bertz CT molecular complexity index is 765. The predicted octanol–water partition coefficient (Wildman–Crippen LogP) is 3.92. The molecule has 1 atom stereocenters. The molecule has 0 aliphatic heterocycles. The smallest absolute Gasteiger partial charge is 0.349 e. The number of aryl methyl sites for hydroxylation is 1. The first-order chi connectivity index (χ1) is 11.4. The van der Waals surface area contributed by atoms with Crippen molar-refractivity contribution in [3.05, 3.63) is 69.0 Å². The van der Waals surface area contributed by atoms with E-state index in [0.717, 1.165) is 18.4 Å². The largest absolute Gasteiger partial charge is 0.427 e. The lowest BCUT2D eigenvalue weighted by molar-refractivity contribution is 0.0945. The molecule has 0 aliphatic rings. The van der Waals surface area contributed by atoms with Gasteiger partial charge in [0.25, 0.3) is 5.91 Å². The molecule has 1 aromatic heterocycles. The van der Waals surface area contributed by atoms with Crippen molar-refractivity contribution >= 4 is 5.91 Å². The van der Waals surface area contributed by atoms with Crippen molar-refractivity contribution in [2.24, 2.45) is 0 Å². The van der Waals surface area contributed by atoms with Crippen LogP contribution in [0.15, 0.2) is 39.5 Å². The number of rotatable bonds is 6. The van der Waals surface area contributed by atoms with Crippen LogP contribution in [0.2, 0.25) is 0 Å². The minimum absolute atomic E-state index is 0.0181. The average molecular weight is 331 g/mol. The lowest BCUT2D eigenvalue weighted by Crippen LogP contribution is -2.29. The van der Waals surface area contributed by atoms with Crippen molar-refractivity contribution in [1.82, 2.24) is 5.32 Å². The highest BCUT2D eigenvalue weighted by Gasteiger charge is 2.18. The molecule has 0 saturated heterocycles. The lowest BCUT2D eigenvalue weighted by Gasteiger charge is -2.12. The summed E-state index contributed by atoms with van der Waals surface area (Å²) in [6.07, 6.45) is 1.91. The van der Waals surface area contributed by atoms with Gasteiger partial charge in [0.05, 0.1) is 0 Å². The van der Waals surface area contributed by atoms with Gasteiger partial charge in [-0.05, 0) is 42.7 Å². The van der Waals surface area contributed by atoms with Crippen molar-refractivity contribution in [3.63, 3.8) is 0 Å². The van der Waals surface area contributed by atoms with E-state index in [1.54, 1.807) is 25.1 Å². The van der Waals surface area contributed by atoms with E-state index >= 15 is 0 Å². The van der Waals surface area contributed by atoms with Gasteiger partial charge in [0.1, 0.15) is 17.1 Å². The molecule has 1 amide bonds. The molecule has 4 nitrogen and oxygen atoms in total. The molecule has 0 radical (unpaired) electrons. The highest BCUT2D eigenvalue weighted by atomic mass is 19.1. The standard InChI is InChI=1S/C19H22FNO3/c1-4-5-12(2)16-10-13(3)17(19(23)24-16)18(22)21-11-14-6-8-15(20)9-7-14/h6-10,12H,4-5,11H2,1-3H3,(H,21,22). The third-order valence-electron chi connectivity index (χ3n) is 3.97. The van der Waals surface area contributed by atoms with Gasteiger partial charge in [0, 0.05) is 12.5 Å². The summed E-state index contributed by atoms with van der Waals surface area (Å²) in [6.45, 7) is 6.01. The topological polar surface area (TPSA) is 59.3 Å². The van der Waals surface area contributed by atoms with Crippen molar-refractivity contribution < 1.29 is 13.6 Å². The van der Waals surface area contributed by atoms with Gasteiger partial charge >= 0.3 is 5.63 Å². The van der Waals surface area contributed by atoms with Crippen molar-refractivity contribution in [2.75, 3.05) is 0 Å².